The Labute approximate surface area is 97.8 Å². The number of carbonyl (C=O) groups is 1. The van der Waals surface area contributed by atoms with Crippen LogP contribution in [0, 0.1) is 0 Å². The van der Waals surface area contributed by atoms with Crippen molar-refractivity contribution >= 4 is 20.2 Å². The van der Waals surface area contributed by atoms with E-state index < -0.39 is 20.2 Å². The van der Waals surface area contributed by atoms with Crippen LogP contribution in [0.1, 0.15) is 6.42 Å². The average molecular weight is 292 g/mol. The first kappa shape index (κ1) is 12.3. The molecule has 1 N–H and O–H groups in total. The fourth-order valence-corrected chi connectivity index (χ4v) is 6.98. The predicted molar refractivity (Wildman–Crippen MR) is 57.1 cm³/mol. The predicted octanol–water partition coefficient (Wildman–Crippen LogP) is -0.221. The van der Waals surface area contributed by atoms with Gasteiger partial charge in [0.25, 0.3) is 0 Å². The Hall–Kier alpha value is -0.147. The molecule has 0 amide bonds. The van der Waals surface area contributed by atoms with Crippen LogP contribution in [0.4, 0.5) is 0 Å². The first-order chi connectivity index (χ1) is 7.70. The summed E-state index contributed by atoms with van der Waals surface area (Å²) in [4.78, 5) is 12.8. The van der Waals surface area contributed by atoms with Gasteiger partial charge >= 0.3 is 97.5 Å². The molecule has 6 nitrogen and oxygen atoms in total. The van der Waals surface area contributed by atoms with Crippen LogP contribution in [0.15, 0.2) is 0 Å². The third-order valence-corrected chi connectivity index (χ3v) is 8.70. The van der Waals surface area contributed by atoms with Crippen molar-refractivity contribution in [2.45, 2.75) is 11.7 Å². The molecule has 0 aromatic rings. The topological polar surface area (TPSA) is 68.2 Å². The molecule has 0 saturated carbocycles. The zero-order valence-electron chi connectivity index (χ0n) is 9.18. The van der Waals surface area contributed by atoms with Crippen LogP contribution >= 0.6 is 0 Å². The zero-order valence-corrected chi connectivity index (χ0v) is 11.3. The molecule has 0 radical (unpaired) electrons. The molecule has 3 fully saturated rings. The average Bonchev–Trinajstić information content (AvgIpc) is 2.13. The Morgan fingerprint density at radius 1 is 1.12 bits per heavy atom. The molecule has 92 valence electrons. The Morgan fingerprint density at radius 3 is 2.06 bits per heavy atom. The minimum atomic E-state index is -3.24. The summed E-state index contributed by atoms with van der Waals surface area (Å²) in [7, 11) is 0. The van der Waals surface area contributed by atoms with Gasteiger partial charge in [-0.25, -0.2) is 0 Å². The third kappa shape index (κ3) is 3.17. The molecular weight excluding hydrogens is 275 g/mol. The number of rotatable bonds is 3. The summed E-state index contributed by atoms with van der Waals surface area (Å²) in [6, 6.07) is 0. The van der Waals surface area contributed by atoms with Gasteiger partial charge in [0.1, 0.15) is 0 Å². The molecule has 0 aromatic heterocycles. The van der Waals surface area contributed by atoms with Crippen LogP contribution in [-0.4, -0.2) is 69.7 Å². The SMILES string of the molecule is O=C(O)C[CH2][Ge]12[O]CCN(CC[O]1)CC[O]2. The summed E-state index contributed by atoms with van der Waals surface area (Å²) in [5.41, 5.74) is 0. The van der Waals surface area contributed by atoms with E-state index in [1.165, 1.54) is 0 Å². The Balaban J connectivity index is 1.99. The van der Waals surface area contributed by atoms with Gasteiger partial charge in [-0.05, 0) is 0 Å². The van der Waals surface area contributed by atoms with Gasteiger partial charge in [-0.1, -0.05) is 0 Å². The second-order valence-corrected chi connectivity index (χ2v) is 9.70. The summed E-state index contributed by atoms with van der Waals surface area (Å²) in [5, 5.41) is 9.14. The van der Waals surface area contributed by atoms with Crippen LogP contribution in [0.2, 0.25) is 5.25 Å². The van der Waals surface area contributed by atoms with Crippen molar-refractivity contribution in [3.8, 4) is 0 Å². The molecule has 0 aromatic carbocycles. The number of nitrogens with zero attached hydrogens (tertiary/aromatic N) is 1. The van der Waals surface area contributed by atoms with E-state index in [2.05, 4.69) is 4.90 Å². The molecule has 0 unspecified atom stereocenters. The molecule has 16 heavy (non-hydrogen) atoms. The van der Waals surface area contributed by atoms with E-state index in [4.69, 9.17) is 16.4 Å². The van der Waals surface area contributed by atoms with Gasteiger partial charge in [-0.3, -0.25) is 0 Å². The van der Waals surface area contributed by atoms with E-state index in [9.17, 15) is 4.79 Å². The van der Waals surface area contributed by atoms with Gasteiger partial charge < -0.3 is 0 Å². The van der Waals surface area contributed by atoms with Gasteiger partial charge in [0.15, 0.2) is 0 Å². The molecule has 3 heterocycles. The molecule has 3 aliphatic rings. The first-order valence-electron chi connectivity index (χ1n) is 5.56. The van der Waals surface area contributed by atoms with Crippen molar-refractivity contribution in [3.63, 3.8) is 0 Å². The Morgan fingerprint density at radius 2 is 1.62 bits per heavy atom. The molecular formula is C9H17GeNO5. The summed E-state index contributed by atoms with van der Waals surface area (Å²) in [6.07, 6.45) is 0.0731. The molecule has 7 heteroatoms. The summed E-state index contributed by atoms with van der Waals surface area (Å²) >= 11 is -3.24. The summed E-state index contributed by atoms with van der Waals surface area (Å²) < 4.78 is 17.2. The summed E-state index contributed by atoms with van der Waals surface area (Å²) in [5.74, 6) is -0.818. The number of hydrogen-bond donors (Lipinski definition) is 1. The van der Waals surface area contributed by atoms with Crippen molar-refractivity contribution in [3.05, 3.63) is 0 Å². The maximum absolute atomic E-state index is 10.6. The van der Waals surface area contributed by atoms with Crippen LogP contribution in [-0.2, 0) is 16.1 Å². The fraction of sp³-hybridized carbons (Fsp3) is 0.889. The van der Waals surface area contributed by atoms with Gasteiger partial charge in [-0.2, -0.15) is 0 Å². The third-order valence-electron chi connectivity index (χ3n) is 2.83. The van der Waals surface area contributed by atoms with Crippen molar-refractivity contribution in [2.24, 2.45) is 0 Å². The van der Waals surface area contributed by atoms with Crippen molar-refractivity contribution in [2.75, 3.05) is 39.5 Å². The van der Waals surface area contributed by atoms with Crippen molar-refractivity contribution in [1.29, 1.82) is 0 Å². The molecule has 0 atom stereocenters. The monoisotopic (exact) mass is 293 g/mol. The van der Waals surface area contributed by atoms with E-state index in [-0.39, 0.29) is 6.42 Å². The maximum atomic E-state index is 10.6. The van der Waals surface area contributed by atoms with Gasteiger partial charge in [0.05, 0.1) is 0 Å². The second kappa shape index (κ2) is 5.46. The van der Waals surface area contributed by atoms with Crippen molar-refractivity contribution < 1.29 is 21.2 Å². The van der Waals surface area contributed by atoms with E-state index >= 15 is 0 Å². The molecule has 0 spiro atoms. The van der Waals surface area contributed by atoms with Crippen molar-refractivity contribution in [1.82, 2.24) is 4.90 Å². The van der Waals surface area contributed by atoms with Gasteiger partial charge in [0, 0.05) is 0 Å². The number of carboxylic acid groups (broad SMARTS) is 1. The van der Waals surface area contributed by atoms with Crippen LogP contribution in [0.5, 0.6) is 0 Å². The first-order valence-corrected chi connectivity index (χ1v) is 9.62. The standard InChI is InChI=1S/C9H17GeNO5/c12-9(13)1-2-10-14-6-3-11(4-7-15-10)5-8-16-10/h1-8H2,(H,12,13). The normalized spacial score (nSPS) is 35.1. The molecule has 3 aliphatic heterocycles. The quantitative estimate of drug-likeness (QED) is 0.725. The van der Waals surface area contributed by atoms with E-state index in [0.717, 1.165) is 19.6 Å². The number of aliphatic carboxylic acids is 1. The van der Waals surface area contributed by atoms with E-state index in [0.29, 0.717) is 25.1 Å². The van der Waals surface area contributed by atoms with Crippen LogP contribution in [0.25, 0.3) is 0 Å². The van der Waals surface area contributed by atoms with Gasteiger partial charge in [-0.15, -0.1) is 0 Å². The van der Waals surface area contributed by atoms with Crippen LogP contribution in [0.3, 0.4) is 0 Å². The van der Waals surface area contributed by atoms with E-state index in [1.54, 1.807) is 0 Å². The number of hydrogen-bond acceptors (Lipinski definition) is 5. The molecule has 2 bridgehead atoms. The number of fused-ring (bicyclic) bond motifs is 6. The van der Waals surface area contributed by atoms with Crippen LogP contribution < -0.4 is 0 Å². The van der Waals surface area contributed by atoms with E-state index in [1.807, 2.05) is 0 Å². The minimum absolute atomic E-state index is 0.0731. The molecule has 3 saturated heterocycles. The van der Waals surface area contributed by atoms with Gasteiger partial charge in [0.2, 0.25) is 0 Å². The summed E-state index contributed by atoms with van der Waals surface area (Å²) in [6.45, 7) is 4.48. The molecule has 3 rings (SSSR count). The molecule has 0 aliphatic carbocycles. The zero-order chi connectivity index (χ0) is 11.4. The fourth-order valence-electron chi connectivity index (χ4n) is 1.93. The number of carboxylic acids is 1. The Bertz CT molecular complexity index is 236. The Kier molecular flexibility index (Phi) is 4.20. The second-order valence-electron chi connectivity index (χ2n) is 3.96.